The molecule has 0 aliphatic rings. The van der Waals surface area contributed by atoms with E-state index in [0.717, 1.165) is 0 Å². The van der Waals surface area contributed by atoms with Crippen molar-refractivity contribution in [1.29, 1.82) is 0 Å². The quantitative estimate of drug-likeness (QED) is 0.618. The highest BCUT2D eigenvalue weighted by molar-refractivity contribution is 5.59. The van der Waals surface area contributed by atoms with Crippen LogP contribution >= 0.6 is 0 Å². The fourth-order valence-electron chi connectivity index (χ4n) is 0.726. The molecule has 11 heavy (non-hydrogen) atoms. The third-order valence-corrected chi connectivity index (χ3v) is 1.45. The summed E-state index contributed by atoms with van der Waals surface area (Å²) in [6.07, 6.45) is 3.70. The number of hydrogen-bond acceptors (Lipinski definition) is 2. The molecule has 0 unspecified atom stereocenters. The van der Waals surface area contributed by atoms with Crippen LogP contribution in [0.25, 0.3) is 0 Å². The van der Waals surface area contributed by atoms with Gasteiger partial charge in [0.1, 0.15) is 0 Å². The number of rotatable bonds is 4. The zero-order chi connectivity index (χ0) is 8.91. The topological polar surface area (TPSA) is 29.1 Å². The van der Waals surface area contributed by atoms with Gasteiger partial charge in [0, 0.05) is 6.54 Å². The molecule has 0 spiro atoms. The lowest BCUT2D eigenvalue weighted by Gasteiger charge is -2.25. The van der Waals surface area contributed by atoms with Crippen LogP contribution in [0.15, 0.2) is 12.7 Å². The Kier molecular flexibility index (Phi) is 4.04. The summed E-state index contributed by atoms with van der Waals surface area (Å²) in [7, 11) is 0. The normalized spacial score (nSPS) is 14.1. The molecule has 63 valence electrons. The average molecular weight is 154 g/mol. The van der Waals surface area contributed by atoms with Crippen molar-refractivity contribution in [3.63, 3.8) is 0 Å². The van der Waals surface area contributed by atoms with Crippen molar-refractivity contribution in [2.24, 2.45) is 5.41 Å². The third kappa shape index (κ3) is 3.94. The molecule has 0 aromatic rings. The van der Waals surface area contributed by atoms with Gasteiger partial charge in [0.05, 0.1) is 6.04 Å². The maximum atomic E-state index is 10.4. The summed E-state index contributed by atoms with van der Waals surface area (Å²) in [4.78, 5) is 10.4. The first-order valence-electron chi connectivity index (χ1n) is 3.74. The first-order chi connectivity index (χ1) is 5.02. The van der Waals surface area contributed by atoms with Crippen molar-refractivity contribution in [3.8, 4) is 0 Å². The minimum absolute atomic E-state index is 0.0647. The van der Waals surface area contributed by atoms with E-state index in [1.165, 1.54) is 0 Å². The van der Waals surface area contributed by atoms with E-state index >= 15 is 0 Å². The van der Waals surface area contributed by atoms with Crippen LogP contribution in [0, 0.1) is 5.41 Å². The SMILES string of the molecule is C=CCN[C@H]([C]=O)C(C)(C)C. The number of hydrogen-bond donors (Lipinski definition) is 1. The number of nitrogens with one attached hydrogen (secondary N) is 1. The summed E-state index contributed by atoms with van der Waals surface area (Å²) < 4.78 is 0. The Morgan fingerprint density at radius 2 is 2.18 bits per heavy atom. The molecule has 0 fully saturated rings. The third-order valence-electron chi connectivity index (χ3n) is 1.45. The fourth-order valence-corrected chi connectivity index (χ4v) is 0.726. The molecule has 1 N–H and O–H groups in total. The van der Waals surface area contributed by atoms with Gasteiger partial charge in [-0.05, 0) is 5.41 Å². The van der Waals surface area contributed by atoms with Crippen LogP contribution in [-0.4, -0.2) is 18.9 Å². The van der Waals surface area contributed by atoms with Crippen LogP contribution in [0.3, 0.4) is 0 Å². The highest BCUT2D eigenvalue weighted by atomic mass is 16.1. The summed E-state index contributed by atoms with van der Waals surface area (Å²) in [5.74, 6) is 0. The van der Waals surface area contributed by atoms with Gasteiger partial charge >= 0.3 is 0 Å². The van der Waals surface area contributed by atoms with Crippen molar-refractivity contribution in [3.05, 3.63) is 12.7 Å². The molecular weight excluding hydrogens is 138 g/mol. The summed E-state index contributed by atoms with van der Waals surface area (Å²) >= 11 is 0. The van der Waals surface area contributed by atoms with E-state index < -0.39 is 0 Å². The molecule has 0 aliphatic carbocycles. The Bertz CT molecular complexity index is 135. The van der Waals surface area contributed by atoms with E-state index in [1.807, 2.05) is 27.1 Å². The summed E-state index contributed by atoms with van der Waals surface area (Å²) in [6, 6.07) is -0.208. The highest BCUT2D eigenvalue weighted by Gasteiger charge is 2.23. The average Bonchev–Trinajstić information content (AvgIpc) is 1.87. The van der Waals surface area contributed by atoms with Crippen molar-refractivity contribution in [2.45, 2.75) is 26.8 Å². The van der Waals surface area contributed by atoms with Crippen molar-refractivity contribution < 1.29 is 4.79 Å². The van der Waals surface area contributed by atoms with Gasteiger partial charge in [0.25, 0.3) is 0 Å². The first-order valence-corrected chi connectivity index (χ1v) is 3.74. The molecule has 0 amide bonds. The first kappa shape index (κ1) is 10.4. The van der Waals surface area contributed by atoms with E-state index in [4.69, 9.17) is 0 Å². The summed E-state index contributed by atoms with van der Waals surface area (Å²) in [5.41, 5.74) is -0.0647. The van der Waals surface area contributed by atoms with Crippen LogP contribution in [0.4, 0.5) is 0 Å². The van der Waals surface area contributed by atoms with Gasteiger partial charge in [-0.1, -0.05) is 26.8 Å². The smallest absolute Gasteiger partial charge is 0.217 e. The van der Waals surface area contributed by atoms with E-state index in [-0.39, 0.29) is 11.5 Å². The molecule has 0 heterocycles. The Labute approximate surface area is 68.7 Å². The molecule has 0 aromatic carbocycles. The van der Waals surface area contributed by atoms with E-state index in [1.54, 1.807) is 6.08 Å². The van der Waals surface area contributed by atoms with Gasteiger partial charge in [0.2, 0.25) is 6.29 Å². The van der Waals surface area contributed by atoms with Gasteiger partial charge in [-0.2, -0.15) is 0 Å². The van der Waals surface area contributed by atoms with Crippen LogP contribution in [-0.2, 0) is 4.79 Å². The Morgan fingerprint density at radius 1 is 1.64 bits per heavy atom. The van der Waals surface area contributed by atoms with E-state index in [0.29, 0.717) is 6.54 Å². The lowest BCUT2D eigenvalue weighted by atomic mass is 9.88. The maximum absolute atomic E-state index is 10.4. The molecule has 1 radical (unpaired) electrons. The maximum Gasteiger partial charge on any atom is 0.217 e. The lowest BCUT2D eigenvalue weighted by molar-refractivity contribution is 0.327. The minimum Gasteiger partial charge on any atom is -0.303 e. The van der Waals surface area contributed by atoms with Crippen LogP contribution in [0.2, 0.25) is 0 Å². The Hall–Kier alpha value is -0.630. The molecule has 2 heteroatoms. The predicted octanol–water partition coefficient (Wildman–Crippen LogP) is 1.29. The molecule has 0 rings (SSSR count). The Morgan fingerprint density at radius 3 is 2.45 bits per heavy atom. The lowest BCUT2D eigenvalue weighted by Crippen LogP contribution is -2.41. The summed E-state index contributed by atoms with van der Waals surface area (Å²) in [6.45, 7) is 10.2. The van der Waals surface area contributed by atoms with Crippen LogP contribution in [0.1, 0.15) is 20.8 Å². The summed E-state index contributed by atoms with van der Waals surface area (Å²) in [5, 5.41) is 3.02. The molecule has 0 aromatic heterocycles. The zero-order valence-electron chi connectivity index (χ0n) is 7.48. The van der Waals surface area contributed by atoms with Gasteiger partial charge in [0.15, 0.2) is 0 Å². The van der Waals surface area contributed by atoms with Gasteiger partial charge in [-0.15, -0.1) is 6.58 Å². The molecule has 0 saturated heterocycles. The largest absolute Gasteiger partial charge is 0.303 e. The van der Waals surface area contributed by atoms with Gasteiger partial charge in [-0.25, -0.2) is 0 Å². The monoisotopic (exact) mass is 154 g/mol. The van der Waals surface area contributed by atoms with E-state index in [9.17, 15) is 4.79 Å². The second-order valence-electron chi connectivity index (χ2n) is 3.61. The Balaban J connectivity index is 3.95. The van der Waals surface area contributed by atoms with Gasteiger partial charge in [-0.3, -0.25) is 4.79 Å². The second-order valence-corrected chi connectivity index (χ2v) is 3.61. The molecule has 1 atom stereocenters. The molecule has 0 bridgehead atoms. The minimum atomic E-state index is -0.208. The fraction of sp³-hybridized carbons (Fsp3) is 0.667. The molecule has 0 aliphatic heterocycles. The van der Waals surface area contributed by atoms with Gasteiger partial charge < -0.3 is 5.32 Å². The van der Waals surface area contributed by atoms with E-state index in [2.05, 4.69) is 11.9 Å². The second kappa shape index (κ2) is 4.29. The molecule has 0 saturated carbocycles. The highest BCUT2D eigenvalue weighted by Crippen LogP contribution is 2.17. The van der Waals surface area contributed by atoms with Crippen molar-refractivity contribution in [1.82, 2.24) is 5.32 Å². The van der Waals surface area contributed by atoms with Crippen LogP contribution < -0.4 is 5.32 Å². The zero-order valence-corrected chi connectivity index (χ0v) is 7.48. The predicted molar refractivity (Wildman–Crippen MR) is 47.1 cm³/mol. The van der Waals surface area contributed by atoms with Crippen molar-refractivity contribution in [2.75, 3.05) is 6.54 Å². The molecule has 2 nitrogen and oxygen atoms in total. The van der Waals surface area contributed by atoms with Crippen molar-refractivity contribution >= 4 is 6.29 Å². The van der Waals surface area contributed by atoms with Crippen LogP contribution in [0.5, 0.6) is 0 Å². The standard InChI is InChI=1S/C9H16NO/c1-5-6-10-8(7-11)9(2,3)4/h5,8,10H,1,6H2,2-4H3/t8-/m1/s1. The molecular formula is C9H16NO. The number of carbonyl (C=O) groups excluding carboxylic acids is 1.